The second-order valence-corrected chi connectivity index (χ2v) is 9.34. The first-order valence-corrected chi connectivity index (χ1v) is 11.4. The number of rotatable bonds is 4. The molecule has 28 heavy (non-hydrogen) atoms. The maximum absolute atomic E-state index is 5.16. The van der Waals surface area contributed by atoms with Gasteiger partial charge in [0.1, 0.15) is 16.2 Å². The molecule has 0 saturated heterocycles. The molecule has 5 heteroatoms. The van der Waals surface area contributed by atoms with Crippen molar-refractivity contribution in [3.8, 4) is 11.3 Å². The lowest BCUT2D eigenvalue weighted by Crippen LogP contribution is -2.07. The summed E-state index contributed by atoms with van der Waals surface area (Å²) in [5, 5.41) is 2.30. The molecule has 0 amide bonds. The number of aryl methyl sites for hydroxylation is 1. The minimum atomic E-state index is 0.876. The first-order valence-electron chi connectivity index (χ1n) is 9.64. The molecule has 1 aromatic carbocycles. The summed E-state index contributed by atoms with van der Waals surface area (Å²) in [6.45, 7) is 6.08. The topological polar surface area (TPSA) is 38.7 Å². The molecule has 1 aliphatic carbocycles. The van der Waals surface area contributed by atoms with E-state index < -0.39 is 0 Å². The molecule has 1 aliphatic rings. The highest BCUT2D eigenvalue weighted by Gasteiger charge is 2.23. The fraction of sp³-hybridized carbons (Fsp3) is 0.261. The van der Waals surface area contributed by atoms with Crippen LogP contribution in [0.1, 0.15) is 30.9 Å². The Morgan fingerprint density at radius 1 is 1.11 bits per heavy atom. The van der Waals surface area contributed by atoms with Gasteiger partial charge >= 0.3 is 0 Å². The van der Waals surface area contributed by atoms with E-state index in [0.29, 0.717) is 0 Å². The summed E-state index contributed by atoms with van der Waals surface area (Å²) in [6.07, 6.45) is 6.38. The van der Waals surface area contributed by atoms with Crippen molar-refractivity contribution in [2.45, 2.75) is 37.6 Å². The molecule has 3 aromatic heterocycles. The molecule has 5 rings (SSSR count). The van der Waals surface area contributed by atoms with Gasteiger partial charge in [-0.25, -0.2) is 15.0 Å². The highest BCUT2D eigenvalue weighted by Crippen LogP contribution is 2.43. The first kappa shape index (κ1) is 17.8. The zero-order valence-corrected chi connectivity index (χ0v) is 17.5. The van der Waals surface area contributed by atoms with Gasteiger partial charge in [0.15, 0.2) is 0 Å². The summed E-state index contributed by atoms with van der Waals surface area (Å²) in [7, 11) is 0. The second kappa shape index (κ2) is 7.30. The van der Waals surface area contributed by atoms with Crippen LogP contribution in [-0.2, 0) is 12.8 Å². The average molecular weight is 404 g/mol. The first-order chi connectivity index (χ1) is 13.7. The van der Waals surface area contributed by atoms with E-state index in [1.165, 1.54) is 34.9 Å². The largest absolute Gasteiger partial charge is 0.236 e. The Balaban J connectivity index is 1.78. The molecule has 0 bridgehead atoms. The van der Waals surface area contributed by atoms with Crippen LogP contribution < -0.4 is 0 Å². The van der Waals surface area contributed by atoms with E-state index in [0.717, 1.165) is 49.9 Å². The zero-order chi connectivity index (χ0) is 19.1. The van der Waals surface area contributed by atoms with E-state index >= 15 is 0 Å². The molecule has 0 saturated carbocycles. The van der Waals surface area contributed by atoms with Gasteiger partial charge in [-0.2, -0.15) is 0 Å². The van der Waals surface area contributed by atoms with Crippen LogP contribution in [0.5, 0.6) is 0 Å². The average Bonchev–Trinajstić information content (AvgIpc) is 3.11. The van der Waals surface area contributed by atoms with Crippen LogP contribution in [-0.4, -0.2) is 20.7 Å². The Hall–Kier alpha value is -2.24. The number of aromatic nitrogens is 3. The summed E-state index contributed by atoms with van der Waals surface area (Å²) in [5.41, 5.74) is 7.46. The van der Waals surface area contributed by atoms with Gasteiger partial charge in [0.05, 0.1) is 15.9 Å². The lowest BCUT2D eigenvalue weighted by molar-refractivity contribution is 0.689. The third kappa shape index (κ3) is 3.03. The summed E-state index contributed by atoms with van der Waals surface area (Å²) < 4.78 is 1.16. The van der Waals surface area contributed by atoms with E-state index in [1.54, 1.807) is 29.4 Å². The molecule has 0 radical (unpaired) electrons. The van der Waals surface area contributed by atoms with Crippen LogP contribution in [0.25, 0.3) is 31.7 Å². The molecule has 3 heterocycles. The Bertz CT molecular complexity index is 1200. The minimum absolute atomic E-state index is 0.876. The Morgan fingerprint density at radius 3 is 2.68 bits per heavy atom. The van der Waals surface area contributed by atoms with E-state index in [-0.39, 0.29) is 0 Å². The number of pyridine rings is 1. The molecule has 0 atom stereocenters. The maximum Gasteiger partial charge on any atom is 0.127 e. The SMILES string of the molecule is C=C(C)CSc1ncnc2c1sc1nc(-c3ccccc3)c3c(c12)CCCC3. The lowest BCUT2D eigenvalue weighted by Gasteiger charge is -2.20. The Kier molecular flexibility index (Phi) is 4.65. The fourth-order valence-electron chi connectivity index (χ4n) is 3.97. The van der Waals surface area contributed by atoms with Crippen molar-refractivity contribution >= 4 is 43.5 Å². The molecule has 0 N–H and O–H groups in total. The predicted octanol–water partition coefficient (Wildman–Crippen LogP) is 6.45. The summed E-state index contributed by atoms with van der Waals surface area (Å²) >= 11 is 3.48. The number of benzene rings is 1. The highest BCUT2D eigenvalue weighted by molar-refractivity contribution is 7.99. The van der Waals surface area contributed by atoms with E-state index in [2.05, 4.69) is 48.8 Å². The Labute approximate surface area is 172 Å². The van der Waals surface area contributed by atoms with Gasteiger partial charge in [-0.1, -0.05) is 42.5 Å². The maximum atomic E-state index is 5.16. The van der Waals surface area contributed by atoms with Crippen LogP contribution in [0.15, 0.2) is 53.8 Å². The van der Waals surface area contributed by atoms with Gasteiger partial charge < -0.3 is 0 Å². The van der Waals surface area contributed by atoms with Gasteiger partial charge in [-0.15, -0.1) is 23.1 Å². The quantitative estimate of drug-likeness (QED) is 0.223. The highest BCUT2D eigenvalue weighted by atomic mass is 32.2. The van der Waals surface area contributed by atoms with Gasteiger partial charge in [-0.3, -0.25) is 0 Å². The van der Waals surface area contributed by atoms with Crippen molar-refractivity contribution in [1.82, 2.24) is 15.0 Å². The number of thioether (sulfide) groups is 1. The molecule has 4 aromatic rings. The van der Waals surface area contributed by atoms with Gasteiger partial charge in [0, 0.05) is 16.7 Å². The minimum Gasteiger partial charge on any atom is -0.236 e. The molecular formula is C23H21N3S2. The third-order valence-corrected chi connectivity index (χ3v) is 7.62. The second-order valence-electron chi connectivity index (χ2n) is 7.38. The molecule has 0 unspecified atom stereocenters. The number of thiophene rings is 1. The lowest BCUT2D eigenvalue weighted by atomic mass is 9.87. The van der Waals surface area contributed by atoms with Crippen LogP contribution in [0.3, 0.4) is 0 Å². The third-order valence-electron chi connectivity index (χ3n) is 5.19. The number of nitrogens with zero attached hydrogens (tertiary/aromatic N) is 3. The smallest absolute Gasteiger partial charge is 0.127 e. The number of hydrogen-bond acceptors (Lipinski definition) is 5. The van der Waals surface area contributed by atoms with E-state index in [1.807, 2.05) is 0 Å². The predicted molar refractivity (Wildman–Crippen MR) is 120 cm³/mol. The standard InChI is InChI=1S/C23H21N3S2/c1-14(2)12-27-23-21-20(24-13-25-23)18-16-10-6-7-11-17(16)19(26-22(18)28-21)15-8-4-3-5-9-15/h3-5,8-9,13H,1,6-7,10-12H2,2H3. The molecule has 3 nitrogen and oxygen atoms in total. The van der Waals surface area contributed by atoms with Gasteiger partial charge in [0.2, 0.25) is 0 Å². The van der Waals surface area contributed by atoms with Crippen molar-refractivity contribution in [1.29, 1.82) is 0 Å². The van der Waals surface area contributed by atoms with Crippen LogP contribution >= 0.6 is 23.1 Å². The zero-order valence-electron chi connectivity index (χ0n) is 15.9. The van der Waals surface area contributed by atoms with Crippen molar-refractivity contribution in [2.75, 3.05) is 5.75 Å². The molecular weight excluding hydrogens is 382 g/mol. The molecule has 0 fully saturated rings. The monoisotopic (exact) mass is 403 g/mol. The van der Waals surface area contributed by atoms with Gasteiger partial charge in [-0.05, 0) is 43.7 Å². The summed E-state index contributed by atoms with van der Waals surface area (Å²) in [6, 6.07) is 10.6. The molecule has 0 spiro atoms. The van der Waals surface area contributed by atoms with Crippen LogP contribution in [0, 0.1) is 0 Å². The number of hydrogen-bond donors (Lipinski definition) is 0. The Morgan fingerprint density at radius 2 is 1.89 bits per heavy atom. The summed E-state index contributed by atoms with van der Waals surface area (Å²) in [5.74, 6) is 0.876. The molecule has 0 aliphatic heterocycles. The number of fused-ring (bicyclic) bond motifs is 5. The fourth-order valence-corrected chi connectivity index (χ4v) is 6.05. The van der Waals surface area contributed by atoms with Crippen molar-refractivity contribution in [3.63, 3.8) is 0 Å². The van der Waals surface area contributed by atoms with Crippen LogP contribution in [0.2, 0.25) is 0 Å². The van der Waals surface area contributed by atoms with Gasteiger partial charge in [0.25, 0.3) is 0 Å². The van der Waals surface area contributed by atoms with Crippen molar-refractivity contribution in [3.05, 3.63) is 59.9 Å². The van der Waals surface area contributed by atoms with E-state index in [4.69, 9.17) is 9.97 Å². The van der Waals surface area contributed by atoms with E-state index in [9.17, 15) is 0 Å². The van der Waals surface area contributed by atoms with Crippen molar-refractivity contribution < 1.29 is 0 Å². The summed E-state index contributed by atoms with van der Waals surface area (Å²) in [4.78, 5) is 15.5. The van der Waals surface area contributed by atoms with Crippen LogP contribution in [0.4, 0.5) is 0 Å². The van der Waals surface area contributed by atoms with Crippen molar-refractivity contribution in [2.24, 2.45) is 0 Å². The molecule has 140 valence electrons. The normalized spacial score (nSPS) is 13.8.